The van der Waals surface area contributed by atoms with Crippen molar-refractivity contribution in [3.05, 3.63) is 36.0 Å². The first kappa shape index (κ1) is 13.5. The van der Waals surface area contributed by atoms with Gasteiger partial charge in [-0.2, -0.15) is 0 Å². The van der Waals surface area contributed by atoms with Gasteiger partial charge < -0.3 is 11.1 Å². The number of nitrogens with one attached hydrogen (secondary N) is 1. The van der Waals surface area contributed by atoms with Gasteiger partial charge in [0.25, 0.3) is 0 Å². The number of hydrogen-bond donors (Lipinski definition) is 2. The highest BCUT2D eigenvalue weighted by atomic mass is 16.1. The number of carbonyl (C=O) groups excluding carboxylic acids is 1. The summed E-state index contributed by atoms with van der Waals surface area (Å²) in [5, 5.41) is 3.91. The van der Waals surface area contributed by atoms with Crippen molar-refractivity contribution in [2.24, 2.45) is 5.73 Å². The second-order valence-electron chi connectivity index (χ2n) is 4.75. The number of benzene rings is 1. The highest BCUT2D eigenvalue weighted by Gasteiger charge is 2.10. The number of rotatable bonds is 4. The fraction of sp³-hybridized carbons (Fsp3) is 0.333. The molecule has 0 bridgehead atoms. The van der Waals surface area contributed by atoms with E-state index in [1.54, 1.807) is 0 Å². The van der Waals surface area contributed by atoms with Gasteiger partial charge in [-0.3, -0.25) is 9.78 Å². The molecule has 4 nitrogen and oxygen atoms in total. The van der Waals surface area contributed by atoms with E-state index in [4.69, 9.17) is 5.73 Å². The minimum atomic E-state index is -0.0929. The van der Waals surface area contributed by atoms with E-state index in [-0.39, 0.29) is 11.9 Å². The Bertz CT molecular complexity index is 595. The number of carbonyl (C=O) groups is 1. The van der Waals surface area contributed by atoms with Crippen LogP contribution in [-0.4, -0.2) is 16.9 Å². The fourth-order valence-corrected chi connectivity index (χ4v) is 1.93. The number of aromatic nitrogens is 1. The summed E-state index contributed by atoms with van der Waals surface area (Å²) in [4.78, 5) is 16.4. The Labute approximate surface area is 113 Å². The van der Waals surface area contributed by atoms with Crippen molar-refractivity contribution >= 4 is 22.5 Å². The first-order valence-corrected chi connectivity index (χ1v) is 6.52. The Morgan fingerprint density at radius 2 is 2.16 bits per heavy atom. The second kappa shape index (κ2) is 5.80. The lowest BCUT2D eigenvalue weighted by Crippen LogP contribution is -2.26. The van der Waals surface area contributed by atoms with Gasteiger partial charge in [0.2, 0.25) is 5.91 Å². The molecular formula is C15H19N3O. The van der Waals surface area contributed by atoms with Crippen molar-refractivity contribution in [1.82, 2.24) is 4.98 Å². The third kappa shape index (κ3) is 3.29. The lowest BCUT2D eigenvalue weighted by Gasteiger charge is -2.11. The van der Waals surface area contributed by atoms with Crippen molar-refractivity contribution in [3.63, 3.8) is 0 Å². The van der Waals surface area contributed by atoms with Gasteiger partial charge in [0.05, 0.1) is 11.2 Å². The molecule has 0 saturated carbocycles. The highest BCUT2D eigenvalue weighted by molar-refractivity contribution is 6.00. The minimum Gasteiger partial charge on any atom is -0.327 e. The first-order valence-electron chi connectivity index (χ1n) is 6.52. The van der Waals surface area contributed by atoms with Gasteiger partial charge >= 0.3 is 0 Å². The monoisotopic (exact) mass is 257 g/mol. The van der Waals surface area contributed by atoms with E-state index in [2.05, 4.69) is 10.3 Å². The lowest BCUT2D eigenvalue weighted by molar-refractivity contribution is -0.116. The van der Waals surface area contributed by atoms with E-state index in [1.807, 2.05) is 44.2 Å². The molecule has 1 aromatic heterocycles. The molecule has 19 heavy (non-hydrogen) atoms. The molecule has 0 aliphatic rings. The molecule has 0 saturated heterocycles. The highest BCUT2D eigenvalue weighted by Crippen LogP contribution is 2.21. The summed E-state index contributed by atoms with van der Waals surface area (Å²) in [7, 11) is 0. The SMILES string of the molecule is CCC(N)CC(=O)Nc1cccc2ccc(C)nc12. The van der Waals surface area contributed by atoms with Crippen LogP contribution in [0.25, 0.3) is 10.9 Å². The van der Waals surface area contributed by atoms with Crippen molar-refractivity contribution in [2.75, 3.05) is 5.32 Å². The van der Waals surface area contributed by atoms with E-state index in [0.29, 0.717) is 6.42 Å². The van der Waals surface area contributed by atoms with E-state index < -0.39 is 0 Å². The molecule has 2 rings (SSSR count). The molecule has 0 spiro atoms. The van der Waals surface area contributed by atoms with E-state index >= 15 is 0 Å². The molecular weight excluding hydrogens is 238 g/mol. The number of anilines is 1. The number of aryl methyl sites for hydroxylation is 1. The largest absolute Gasteiger partial charge is 0.327 e. The zero-order valence-electron chi connectivity index (χ0n) is 11.3. The predicted octanol–water partition coefficient (Wildman–Crippen LogP) is 2.61. The Morgan fingerprint density at radius 1 is 1.37 bits per heavy atom. The summed E-state index contributed by atoms with van der Waals surface area (Å²) in [5.41, 5.74) is 8.28. The number of pyridine rings is 1. The standard InChI is InChI=1S/C15H19N3O/c1-3-12(16)9-14(19)18-13-6-4-5-11-8-7-10(2)17-15(11)13/h4-8,12H,3,9,16H2,1-2H3,(H,18,19). The maximum absolute atomic E-state index is 11.9. The lowest BCUT2D eigenvalue weighted by atomic mass is 10.1. The van der Waals surface area contributed by atoms with Crippen LogP contribution in [0.3, 0.4) is 0 Å². The van der Waals surface area contributed by atoms with Crippen molar-refractivity contribution in [2.45, 2.75) is 32.7 Å². The summed E-state index contributed by atoms with van der Waals surface area (Å²) in [6.45, 7) is 3.91. The van der Waals surface area contributed by atoms with Crippen LogP contribution < -0.4 is 11.1 Å². The number of hydrogen-bond acceptors (Lipinski definition) is 3. The van der Waals surface area contributed by atoms with Crippen LogP contribution in [0, 0.1) is 6.92 Å². The smallest absolute Gasteiger partial charge is 0.225 e. The molecule has 1 atom stereocenters. The van der Waals surface area contributed by atoms with Gasteiger partial charge in [0.15, 0.2) is 0 Å². The van der Waals surface area contributed by atoms with E-state index in [9.17, 15) is 4.79 Å². The average Bonchev–Trinajstić information content (AvgIpc) is 2.39. The van der Waals surface area contributed by atoms with Gasteiger partial charge in [-0.05, 0) is 25.5 Å². The van der Waals surface area contributed by atoms with Crippen LogP contribution in [0.1, 0.15) is 25.5 Å². The molecule has 0 aliphatic carbocycles. The maximum Gasteiger partial charge on any atom is 0.225 e. The number of nitrogens with zero attached hydrogens (tertiary/aromatic N) is 1. The third-order valence-corrected chi connectivity index (χ3v) is 3.11. The number of nitrogens with two attached hydrogens (primary N) is 1. The van der Waals surface area contributed by atoms with Gasteiger partial charge in [-0.15, -0.1) is 0 Å². The average molecular weight is 257 g/mol. The molecule has 0 fully saturated rings. The zero-order chi connectivity index (χ0) is 13.8. The molecule has 1 aromatic carbocycles. The van der Waals surface area contributed by atoms with Crippen molar-refractivity contribution in [1.29, 1.82) is 0 Å². The summed E-state index contributed by atoms with van der Waals surface area (Å²) in [6, 6.07) is 9.63. The number of amides is 1. The Hall–Kier alpha value is -1.94. The Morgan fingerprint density at radius 3 is 2.89 bits per heavy atom. The number of para-hydroxylation sites is 1. The van der Waals surface area contributed by atoms with E-state index in [1.165, 1.54) is 0 Å². The van der Waals surface area contributed by atoms with Crippen molar-refractivity contribution in [3.8, 4) is 0 Å². The van der Waals surface area contributed by atoms with E-state index in [0.717, 1.165) is 28.7 Å². The Balaban J connectivity index is 2.25. The van der Waals surface area contributed by atoms with Gasteiger partial charge in [-0.25, -0.2) is 0 Å². The summed E-state index contributed by atoms with van der Waals surface area (Å²) < 4.78 is 0. The second-order valence-corrected chi connectivity index (χ2v) is 4.75. The first-order chi connectivity index (χ1) is 9.10. The van der Waals surface area contributed by atoms with Gasteiger partial charge in [-0.1, -0.05) is 25.1 Å². The minimum absolute atomic E-state index is 0.0647. The van der Waals surface area contributed by atoms with Crippen LogP contribution in [0.4, 0.5) is 5.69 Å². The normalized spacial score (nSPS) is 12.4. The quantitative estimate of drug-likeness (QED) is 0.884. The molecule has 0 radical (unpaired) electrons. The molecule has 1 heterocycles. The van der Waals surface area contributed by atoms with Crippen LogP contribution in [-0.2, 0) is 4.79 Å². The molecule has 1 amide bonds. The molecule has 4 heteroatoms. The molecule has 100 valence electrons. The zero-order valence-corrected chi connectivity index (χ0v) is 11.3. The van der Waals surface area contributed by atoms with Crippen LogP contribution in [0.15, 0.2) is 30.3 Å². The third-order valence-electron chi connectivity index (χ3n) is 3.11. The molecule has 2 aromatic rings. The topological polar surface area (TPSA) is 68.0 Å². The van der Waals surface area contributed by atoms with Crippen molar-refractivity contribution < 1.29 is 4.79 Å². The number of fused-ring (bicyclic) bond motifs is 1. The molecule has 3 N–H and O–H groups in total. The van der Waals surface area contributed by atoms with Gasteiger partial charge in [0.1, 0.15) is 0 Å². The summed E-state index contributed by atoms with van der Waals surface area (Å²) >= 11 is 0. The predicted molar refractivity (Wildman–Crippen MR) is 78.0 cm³/mol. The molecule has 0 aliphatic heterocycles. The fourth-order valence-electron chi connectivity index (χ4n) is 1.93. The summed E-state index contributed by atoms with van der Waals surface area (Å²) in [6.07, 6.45) is 1.12. The van der Waals surface area contributed by atoms with Crippen LogP contribution >= 0.6 is 0 Å². The maximum atomic E-state index is 11.9. The van der Waals surface area contributed by atoms with Crippen LogP contribution in [0.5, 0.6) is 0 Å². The Kier molecular flexibility index (Phi) is 4.12. The summed E-state index contributed by atoms with van der Waals surface area (Å²) in [5.74, 6) is -0.0647. The molecule has 1 unspecified atom stereocenters. The van der Waals surface area contributed by atoms with Gasteiger partial charge in [0, 0.05) is 23.5 Å². The van der Waals surface area contributed by atoms with Crippen LogP contribution in [0.2, 0.25) is 0 Å².